The Labute approximate surface area is 130 Å². The Morgan fingerprint density at radius 2 is 2.14 bits per heavy atom. The summed E-state index contributed by atoms with van der Waals surface area (Å²) in [5.41, 5.74) is 1.49. The van der Waals surface area contributed by atoms with Crippen LogP contribution in [0.1, 0.15) is 62.5 Å². The zero-order valence-corrected chi connectivity index (χ0v) is 13.0. The fourth-order valence-corrected chi connectivity index (χ4v) is 2.91. The van der Waals surface area contributed by atoms with Crippen LogP contribution >= 0.6 is 0 Å². The molecule has 1 aliphatic carbocycles. The molecule has 0 spiro atoms. The predicted molar refractivity (Wildman–Crippen MR) is 87.1 cm³/mol. The maximum absolute atomic E-state index is 12.3. The number of ketones is 1. The molecular weight excluding hydrogens is 276 g/mol. The molecule has 0 atom stereocenters. The van der Waals surface area contributed by atoms with Crippen molar-refractivity contribution in [2.45, 2.75) is 57.9 Å². The number of rotatable bonds is 6. The van der Waals surface area contributed by atoms with Crippen molar-refractivity contribution in [3.63, 3.8) is 0 Å². The molecule has 5 nitrogen and oxygen atoms in total. The highest BCUT2D eigenvalue weighted by molar-refractivity contribution is 5.96. The lowest BCUT2D eigenvalue weighted by molar-refractivity contribution is 0.0970. The molecule has 0 unspecified atom stereocenters. The molecule has 1 N–H and O–H groups in total. The summed E-state index contributed by atoms with van der Waals surface area (Å²) in [5.74, 6) is 1.04. The second kappa shape index (κ2) is 6.81. The van der Waals surface area contributed by atoms with Crippen LogP contribution in [0.2, 0.25) is 0 Å². The van der Waals surface area contributed by atoms with E-state index in [1.807, 2.05) is 12.1 Å². The van der Waals surface area contributed by atoms with Gasteiger partial charge in [-0.1, -0.05) is 26.2 Å². The molecule has 1 fully saturated rings. The number of carbonyl (C=O) groups excluding carboxylic acids is 1. The third-order valence-corrected chi connectivity index (χ3v) is 4.16. The number of nitrogens with one attached hydrogen (secondary N) is 1. The number of hydrogen-bond donors (Lipinski definition) is 1. The van der Waals surface area contributed by atoms with E-state index in [1.165, 1.54) is 12.8 Å². The molecule has 0 bridgehead atoms. The highest BCUT2D eigenvalue weighted by Crippen LogP contribution is 2.25. The lowest BCUT2D eigenvalue weighted by Gasteiger charge is -2.14. The number of anilines is 1. The molecule has 5 heteroatoms. The minimum absolute atomic E-state index is 0.0158. The van der Waals surface area contributed by atoms with Crippen molar-refractivity contribution in [2.24, 2.45) is 0 Å². The van der Waals surface area contributed by atoms with Gasteiger partial charge in [-0.05, 0) is 31.4 Å². The van der Waals surface area contributed by atoms with Crippen molar-refractivity contribution in [1.82, 2.24) is 15.0 Å². The molecular formula is C17H22N4O. The number of nitrogens with zero attached hydrogens (tertiary/aromatic N) is 3. The van der Waals surface area contributed by atoms with E-state index in [1.54, 1.807) is 6.20 Å². The van der Waals surface area contributed by atoms with Crippen molar-refractivity contribution in [1.29, 1.82) is 0 Å². The van der Waals surface area contributed by atoms with Gasteiger partial charge in [-0.25, -0.2) is 9.97 Å². The summed E-state index contributed by atoms with van der Waals surface area (Å²) >= 11 is 0. The highest BCUT2D eigenvalue weighted by Gasteiger charge is 2.19. The largest absolute Gasteiger partial charge is 0.365 e. The van der Waals surface area contributed by atoms with Crippen molar-refractivity contribution < 1.29 is 4.79 Å². The van der Waals surface area contributed by atoms with Crippen LogP contribution in [0.4, 0.5) is 5.82 Å². The van der Waals surface area contributed by atoms with Crippen LogP contribution in [0.25, 0.3) is 11.0 Å². The summed E-state index contributed by atoms with van der Waals surface area (Å²) in [6.07, 6.45) is 8.91. The molecule has 0 aromatic carbocycles. The first kappa shape index (κ1) is 14.9. The first-order valence-electron chi connectivity index (χ1n) is 8.20. The van der Waals surface area contributed by atoms with E-state index >= 15 is 0 Å². The second-order valence-electron chi connectivity index (χ2n) is 5.92. The van der Waals surface area contributed by atoms with Gasteiger partial charge in [0.05, 0.1) is 5.52 Å². The zero-order chi connectivity index (χ0) is 15.4. The van der Waals surface area contributed by atoms with E-state index in [0.717, 1.165) is 36.7 Å². The normalized spacial score (nSPS) is 15.3. The van der Waals surface area contributed by atoms with Crippen LogP contribution < -0.4 is 5.32 Å². The molecule has 0 radical (unpaired) electrons. The number of carbonyl (C=O) groups is 1. The van der Waals surface area contributed by atoms with E-state index < -0.39 is 0 Å². The Balaban J connectivity index is 1.94. The number of Topliss-reactive ketones (excluding diaryl/α,β-unsaturated/α-hetero) is 1. The monoisotopic (exact) mass is 298 g/mol. The van der Waals surface area contributed by atoms with Gasteiger partial charge in [0.2, 0.25) is 0 Å². The standard InChI is InChI=1S/C17H22N4O/c1-2-3-10-14(22)16-20-13-9-6-11-18-15(13)17(21-16)19-12-7-4-5-8-12/h6,9,11-12H,2-5,7-8,10H2,1H3,(H,19,20,21). The Kier molecular flexibility index (Phi) is 4.61. The summed E-state index contributed by atoms with van der Waals surface area (Å²) in [6, 6.07) is 4.16. The van der Waals surface area contributed by atoms with Crippen LogP contribution in [0.15, 0.2) is 18.3 Å². The van der Waals surface area contributed by atoms with Gasteiger partial charge in [0, 0.05) is 18.7 Å². The lowest BCUT2D eigenvalue weighted by Crippen LogP contribution is -2.18. The van der Waals surface area contributed by atoms with Crippen LogP contribution in [-0.4, -0.2) is 26.8 Å². The lowest BCUT2D eigenvalue weighted by atomic mass is 10.1. The van der Waals surface area contributed by atoms with Crippen LogP contribution in [-0.2, 0) is 0 Å². The number of fused-ring (bicyclic) bond motifs is 1. The molecule has 1 saturated carbocycles. The SMILES string of the molecule is CCCCC(=O)c1nc(NC2CCCC2)c2ncccc2n1. The summed E-state index contributed by atoms with van der Waals surface area (Å²) in [5, 5.41) is 3.47. The average molecular weight is 298 g/mol. The minimum Gasteiger partial charge on any atom is -0.365 e. The van der Waals surface area contributed by atoms with Crippen molar-refractivity contribution in [2.75, 3.05) is 5.32 Å². The quantitative estimate of drug-likeness (QED) is 0.823. The Morgan fingerprint density at radius 3 is 2.91 bits per heavy atom. The van der Waals surface area contributed by atoms with Gasteiger partial charge in [0.15, 0.2) is 17.4 Å². The van der Waals surface area contributed by atoms with Crippen LogP contribution in [0, 0.1) is 0 Å². The smallest absolute Gasteiger partial charge is 0.200 e. The second-order valence-corrected chi connectivity index (χ2v) is 5.92. The minimum atomic E-state index is 0.0158. The van der Waals surface area contributed by atoms with Crippen molar-refractivity contribution in [3.8, 4) is 0 Å². The van der Waals surface area contributed by atoms with Gasteiger partial charge in [0.25, 0.3) is 0 Å². The average Bonchev–Trinajstić information content (AvgIpc) is 3.05. The van der Waals surface area contributed by atoms with E-state index in [-0.39, 0.29) is 5.78 Å². The van der Waals surface area contributed by atoms with E-state index in [4.69, 9.17) is 0 Å². The molecule has 2 heterocycles. The fourth-order valence-electron chi connectivity index (χ4n) is 2.91. The molecule has 0 amide bonds. The van der Waals surface area contributed by atoms with Gasteiger partial charge in [-0.15, -0.1) is 0 Å². The number of pyridine rings is 1. The molecule has 0 aliphatic heterocycles. The Hall–Kier alpha value is -2.04. The van der Waals surface area contributed by atoms with Crippen LogP contribution in [0.5, 0.6) is 0 Å². The summed E-state index contributed by atoms with van der Waals surface area (Å²) in [4.78, 5) is 25.5. The predicted octanol–water partition coefficient (Wildman–Crippen LogP) is 3.75. The Bertz CT molecular complexity index is 665. The van der Waals surface area contributed by atoms with Gasteiger partial charge in [0.1, 0.15) is 5.52 Å². The fraction of sp³-hybridized carbons (Fsp3) is 0.529. The first-order chi connectivity index (χ1) is 10.8. The molecule has 3 rings (SSSR count). The zero-order valence-electron chi connectivity index (χ0n) is 13.0. The van der Waals surface area contributed by atoms with E-state index in [2.05, 4.69) is 27.2 Å². The van der Waals surface area contributed by atoms with Crippen LogP contribution in [0.3, 0.4) is 0 Å². The molecule has 2 aromatic rings. The number of hydrogen-bond acceptors (Lipinski definition) is 5. The third kappa shape index (κ3) is 3.24. The van der Waals surface area contributed by atoms with E-state index in [0.29, 0.717) is 24.1 Å². The molecule has 116 valence electrons. The maximum atomic E-state index is 12.3. The molecule has 2 aromatic heterocycles. The number of unbranched alkanes of at least 4 members (excludes halogenated alkanes) is 1. The number of aromatic nitrogens is 3. The van der Waals surface area contributed by atoms with E-state index in [9.17, 15) is 4.79 Å². The van der Waals surface area contributed by atoms with Gasteiger partial charge in [-0.2, -0.15) is 0 Å². The maximum Gasteiger partial charge on any atom is 0.200 e. The molecule has 1 aliphatic rings. The Morgan fingerprint density at radius 1 is 1.32 bits per heavy atom. The topological polar surface area (TPSA) is 67.8 Å². The van der Waals surface area contributed by atoms with Gasteiger partial charge < -0.3 is 5.32 Å². The molecule has 0 saturated heterocycles. The van der Waals surface area contributed by atoms with Gasteiger partial charge >= 0.3 is 0 Å². The summed E-state index contributed by atoms with van der Waals surface area (Å²) in [7, 11) is 0. The first-order valence-corrected chi connectivity index (χ1v) is 8.20. The van der Waals surface area contributed by atoms with Crippen molar-refractivity contribution in [3.05, 3.63) is 24.2 Å². The summed E-state index contributed by atoms with van der Waals surface area (Å²) in [6.45, 7) is 2.07. The molecule has 22 heavy (non-hydrogen) atoms. The highest BCUT2D eigenvalue weighted by atomic mass is 16.1. The third-order valence-electron chi connectivity index (χ3n) is 4.16. The van der Waals surface area contributed by atoms with Gasteiger partial charge in [-0.3, -0.25) is 9.78 Å². The van der Waals surface area contributed by atoms with Crippen molar-refractivity contribution >= 4 is 22.6 Å². The summed E-state index contributed by atoms with van der Waals surface area (Å²) < 4.78 is 0.